The van der Waals surface area contributed by atoms with E-state index in [1.807, 2.05) is 0 Å². The van der Waals surface area contributed by atoms with Crippen LogP contribution in [0.5, 0.6) is 11.5 Å². The molecule has 0 spiro atoms. The molecule has 1 aromatic carbocycles. The Kier molecular flexibility index (Phi) is 4.60. The van der Waals surface area contributed by atoms with E-state index in [1.54, 1.807) is 0 Å². The predicted molar refractivity (Wildman–Crippen MR) is 72.6 cm³/mol. The molecule has 0 radical (unpaired) electrons. The van der Waals surface area contributed by atoms with Crippen molar-refractivity contribution in [3.8, 4) is 11.5 Å². The molecule has 7 nitrogen and oxygen atoms in total. The second-order valence-corrected chi connectivity index (χ2v) is 6.75. The summed E-state index contributed by atoms with van der Waals surface area (Å²) in [7, 11) is 3.83. The van der Waals surface area contributed by atoms with Crippen LogP contribution in [0.1, 0.15) is 10.4 Å². The van der Waals surface area contributed by atoms with E-state index in [9.17, 15) is 13.2 Å². The number of rotatable bonds is 5. The lowest BCUT2D eigenvalue weighted by atomic mass is 10.2. The first-order valence-electron chi connectivity index (χ1n) is 5.86. The smallest absolute Gasteiger partial charge is 0.338 e. The van der Waals surface area contributed by atoms with Crippen molar-refractivity contribution in [3.05, 3.63) is 17.7 Å². The van der Waals surface area contributed by atoms with Crippen LogP contribution >= 0.6 is 10.7 Å². The zero-order valence-electron chi connectivity index (χ0n) is 11.3. The lowest BCUT2D eigenvalue weighted by molar-refractivity contribution is -0.103. The van der Waals surface area contributed by atoms with Crippen molar-refractivity contribution in [1.82, 2.24) is 0 Å². The largest absolute Gasteiger partial charge is 0.493 e. The van der Waals surface area contributed by atoms with E-state index < -0.39 is 15.0 Å². The summed E-state index contributed by atoms with van der Waals surface area (Å²) >= 11 is 0. The zero-order chi connectivity index (χ0) is 15.6. The Bertz CT molecular complexity index is 652. The van der Waals surface area contributed by atoms with Gasteiger partial charge >= 0.3 is 5.97 Å². The Morgan fingerprint density at radius 3 is 2.38 bits per heavy atom. The summed E-state index contributed by atoms with van der Waals surface area (Å²) in [6.45, 7) is 0.638. The molecule has 0 N–H and O–H groups in total. The Morgan fingerprint density at radius 2 is 1.95 bits per heavy atom. The molecular formula is C12H13ClO7S. The second kappa shape index (κ2) is 6.08. The number of carbonyl (C=O) groups is 1. The fraction of sp³-hybridized carbons (Fsp3) is 0.417. The van der Waals surface area contributed by atoms with E-state index in [0.29, 0.717) is 13.2 Å². The van der Waals surface area contributed by atoms with Crippen molar-refractivity contribution >= 4 is 25.7 Å². The van der Waals surface area contributed by atoms with Crippen molar-refractivity contribution in [3.63, 3.8) is 0 Å². The van der Waals surface area contributed by atoms with Crippen LogP contribution in [0.3, 0.4) is 0 Å². The average molecular weight is 337 g/mol. The maximum atomic E-state index is 12.0. The highest BCUT2D eigenvalue weighted by Gasteiger charge is 2.27. The van der Waals surface area contributed by atoms with Gasteiger partial charge < -0.3 is 18.9 Å². The van der Waals surface area contributed by atoms with Gasteiger partial charge in [0.2, 0.25) is 0 Å². The topological polar surface area (TPSA) is 88.1 Å². The highest BCUT2D eigenvalue weighted by atomic mass is 35.7. The van der Waals surface area contributed by atoms with Crippen LogP contribution in [0.4, 0.5) is 0 Å². The van der Waals surface area contributed by atoms with Gasteiger partial charge in [0.25, 0.3) is 9.05 Å². The first-order valence-corrected chi connectivity index (χ1v) is 8.17. The van der Waals surface area contributed by atoms with Gasteiger partial charge in [-0.2, -0.15) is 0 Å². The van der Waals surface area contributed by atoms with Crippen LogP contribution in [-0.4, -0.2) is 47.9 Å². The maximum Gasteiger partial charge on any atom is 0.338 e. The molecule has 1 fully saturated rings. The average Bonchev–Trinajstić information content (AvgIpc) is 2.39. The number of methoxy groups -OCH3 is 2. The Hall–Kier alpha value is -1.51. The van der Waals surface area contributed by atoms with E-state index in [2.05, 4.69) is 0 Å². The summed E-state index contributed by atoms with van der Waals surface area (Å²) in [5, 5.41) is 0. The zero-order valence-corrected chi connectivity index (χ0v) is 12.9. The number of halogens is 1. The maximum absolute atomic E-state index is 12.0. The van der Waals surface area contributed by atoms with Gasteiger partial charge in [-0.1, -0.05) is 0 Å². The lowest BCUT2D eigenvalue weighted by Gasteiger charge is -2.25. The standard InChI is InChI=1S/C12H13ClO7S/c1-17-9-3-7(12(14)20-8-5-19-6-8)4-10(11(9)18-2)21(13,15)16/h3-4,8H,5-6H2,1-2H3. The number of carbonyl (C=O) groups excluding carboxylic acids is 1. The minimum atomic E-state index is -4.12. The summed E-state index contributed by atoms with van der Waals surface area (Å²) in [6.07, 6.45) is -0.332. The number of hydrogen-bond acceptors (Lipinski definition) is 7. The molecule has 1 aromatic rings. The van der Waals surface area contributed by atoms with Gasteiger partial charge in [0.1, 0.15) is 11.0 Å². The van der Waals surface area contributed by atoms with E-state index in [4.69, 9.17) is 29.6 Å². The number of hydrogen-bond donors (Lipinski definition) is 0. The molecule has 1 heterocycles. The summed E-state index contributed by atoms with van der Waals surface area (Å²) in [5.74, 6) is -0.696. The number of esters is 1. The molecule has 0 aromatic heterocycles. The highest BCUT2D eigenvalue weighted by Crippen LogP contribution is 2.37. The van der Waals surface area contributed by atoms with Crippen molar-refractivity contribution < 1.29 is 32.2 Å². The van der Waals surface area contributed by atoms with Gasteiger partial charge in [-0.05, 0) is 12.1 Å². The van der Waals surface area contributed by atoms with Crippen LogP contribution < -0.4 is 9.47 Å². The third kappa shape index (κ3) is 3.39. The lowest BCUT2D eigenvalue weighted by Crippen LogP contribution is -2.37. The molecule has 1 aliphatic rings. The van der Waals surface area contributed by atoms with Gasteiger partial charge in [-0.25, -0.2) is 13.2 Å². The molecule has 9 heteroatoms. The summed E-state index contributed by atoms with van der Waals surface area (Å²) in [5.41, 5.74) is -0.00113. The Morgan fingerprint density at radius 1 is 1.29 bits per heavy atom. The molecule has 1 saturated heterocycles. The molecule has 0 atom stereocenters. The van der Waals surface area contributed by atoms with Gasteiger partial charge in [0, 0.05) is 10.7 Å². The fourth-order valence-electron chi connectivity index (χ4n) is 1.73. The molecule has 116 valence electrons. The van der Waals surface area contributed by atoms with E-state index >= 15 is 0 Å². The Labute approximate surface area is 126 Å². The fourth-order valence-corrected chi connectivity index (χ4v) is 2.75. The third-order valence-electron chi connectivity index (χ3n) is 2.82. The van der Waals surface area contributed by atoms with Crippen molar-refractivity contribution in [2.24, 2.45) is 0 Å². The van der Waals surface area contributed by atoms with Crippen LogP contribution in [0.25, 0.3) is 0 Å². The molecule has 0 unspecified atom stereocenters. The minimum absolute atomic E-state index is 0.00113. The number of ether oxygens (including phenoxy) is 4. The van der Waals surface area contributed by atoms with Gasteiger partial charge in [-0.3, -0.25) is 0 Å². The van der Waals surface area contributed by atoms with E-state index in [1.165, 1.54) is 20.3 Å². The molecular weight excluding hydrogens is 324 g/mol. The van der Waals surface area contributed by atoms with Gasteiger partial charge in [0.05, 0.1) is 33.0 Å². The summed E-state index contributed by atoms with van der Waals surface area (Å²) in [4.78, 5) is 11.6. The van der Waals surface area contributed by atoms with E-state index in [-0.39, 0.29) is 28.1 Å². The predicted octanol–water partition coefficient (Wildman–Crippen LogP) is 1.19. The van der Waals surface area contributed by atoms with Crippen molar-refractivity contribution in [2.75, 3.05) is 27.4 Å². The van der Waals surface area contributed by atoms with Crippen LogP contribution in [0.2, 0.25) is 0 Å². The summed E-state index contributed by atoms with van der Waals surface area (Å²) < 4.78 is 43.2. The normalized spacial score (nSPS) is 15.2. The molecule has 0 saturated carbocycles. The van der Waals surface area contributed by atoms with Crippen molar-refractivity contribution in [1.29, 1.82) is 0 Å². The molecule has 1 aliphatic heterocycles. The minimum Gasteiger partial charge on any atom is -0.493 e. The molecule has 0 aliphatic carbocycles. The first kappa shape index (κ1) is 15.9. The Balaban J connectivity index is 2.44. The number of benzene rings is 1. The highest BCUT2D eigenvalue weighted by molar-refractivity contribution is 8.13. The van der Waals surface area contributed by atoms with Crippen LogP contribution in [-0.2, 0) is 18.5 Å². The van der Waals surface area contributed by atoms with Crippen LogP contribution in [0.15, 0.2) is 17.0 Å². The van der Waals surface area contributed by atoms with Gasteiger partial charge in [0.15, 0.2) is 11.5 Å². The monoisotopic (exact) mass is 336 g/mol. The van der Waals surface area contributed by atoms with Gasteiger partial charge in [-0.15, -0.1) is 0 Å². The van der Waals surface area contributed by atoms with Crippen molar-refractivity contribution in [2.45, 2.75) is 11.0 Å². The molecule has 0 bridgehead atoms. The second-order valence-electron chi connectivity index (χ2n) is 4.21. The SMILES string of the molecule is COc1cc(C(=O)OC2COC2)cc(S(=O)(=O)Cl)c1OC. The molecule has 21 heavy (non-hydrogen) atoms. The third-order valence-corrected chi connectivity index (χ3v) is 4.15. The quantitative estimate of drug-likeness (QED) is 0.589. The van der Waals surface area contributed by atoms with E-state index in [0.717, 1.165) is 6.07 Å². The molecule has 2 rings (SSSR count). The molecule has 0 amide bonds. The first-order chi connectivity index (χ1) is 9.86. The summed E-state index contributed by atoms with van der Waals surface area (Å²) in [6, 6.07) is 2.41. The van der Waals surface area contributed by atoms with Crippen LogP contribution in [0, 0.1) is 0 Å².